The zero-order valence-electron chi connectivity index (χ0n) is 9.99. The number of benzene rings is 1. The number of aromatic nitrogens is 1. The molecule has 0 bridgehead atoms. The molecule has 106 valence electrons. The monoisotopic (exact) mass is 287 g/mol. The van der Waals surface area contributed by atoms with Crippen LogP contribution in [0.5, 0.6) is 5.75 Å². The molecule has 7 heteroatoms. The van der Waals surface area contributed by atoms with Gasteiger partial charge < -0.3 is 9.67 Å². The molecule has 0 aliphatic rings. The minimum absolute atomic E-state index is 0.312. The number of alkyl halides is 2. The largest absolute Gasteiger partial charge is 0.508 e. The first-order valence-electron chi connectivity index (χ1n) is 5.56. The van der Waals surface area contributed by atoms with Crippen molar-refractivity contribution in [3.8, 4) is 17.0 Å². The van der Waals surface area contributed by atoms with E-state index >= 15 is 0 Å². The van der Waals surface area contributed by atoms with Gasteiger partial charge in [-0.15, -0.1) is 0 Å². The van der Waals surface area contributed by atoms with Crippen LogP contribution in [-0.2, 0) is 6.54 Å². The first-order chi connectivity index (χ1) is 9.40. The predicted molar refractivity (Wildman–Crippen MR) is 63.7 cm³/mol. The molecule has 0 saturated carbocycles. The molecule has 3 nitrogen and oxygen atoms in total. The zero-order chi connectivity index (χ0) is 14.9. The quantitative estimate of drug-likeness (QED) is 0.882. The van der Waals surface area contributed by atoms with Gasteiger partial charge in [-0.2, -0.15) is 0 Å². The molecule has 0 aliphatic heterocycles. The number of hydrogen-bond acceptors (Lipinski definition) is 2. The lowest BCUT2D eigenvalue weighted by Gasteiger charge is -2.13. The van der Waals surface area contributed by atoms with E-state index in [1.54, 1.807) is 0 Å². The van der Waals surface area contributed by atoms with E-state index in [0.29, 0.717) is 16.7 Å². The van der Waals surface area contributed by atoms with Gasteiger partial charge in [0.2, 0.25) is 0 Å². The van der Waals surface area contributed by atoms with E-state index < -0.39 is 41.5 Å². The van der Waals surface area contributed by atoms with Crippen LogP contribution in [0.1, 0.15) is 0 Å². The van der Waals surface area contributed by atoms with Gasteiger partial charge in [0.1, 0.15) is 17.4 Å². The molecule has 1 heterocycles. The number of pyridine rings is 1. The molecule has 0 radical (unpaired) electrons. The maximum atomic E-state index is 13.7. The molecule has 1 aromatic carbocycles. The van der Waals surface area contributed by atoms with E-state index in [1.165, 1.54) is 6.07 Å². The van der Waals surface area contributed by atoms with Gasteiger partial charge in [0.15, 0.2) is 0 Å². The summed E-state index contributed by atoms with van der Waals surface area (Å²) in [5.41, 5.74) is -1.75. The molecule has 0 spiro atoms. The van der Waals surface area contributed by atoms with Crippen molar-refractivity contribution >= 4 is 0 Å². The molecule has 1 N–H and O–H groups in total. The highest BCUT2D eigenvalue weighted by Crippen LogP contribution is 2.28. The summed E-state index contributed by atoms with van der Waals surface area (Å²) in [5, 5.41) is 9.07. The second-order valence-corrected chi connectivity index (χ2v) is 4.04. The fourth-order valence-electron chi connectivity index (χ4n) is 1.87. The number of halogens is 4. The van der Waals surface area contributed by atoms with E-state index in [9.17, 15) is 22.4 Å². The average molecular weight is 287 g/mol. The van der Waals surface area contributed by atoms with Gasteiger partial charge >= 0.3 is 0 Å². The Balaban J connectivity index is 2.70. The number of phenolic OH excluding ortho intramolecular Hbond substituents is 1. The first-order valence-corrected chi connectivity index (χ1v) is 5.56. The standard InChI is InChI=1S/C13H9F4NO2/c14-8-4-7(19)5-9(15)13(8)10-2-1-3-12(20)18(10)6-11(16)17/h1-5,11,19H,6H2. The maximum Gasteiger partial charge on any atom is 0.256 e. The molecule has 2 rings (SSSR count). The van der Waals surface area contributed by atoms with E-state index in [1.807, 2.05) is 0 Å². The number of nitrogens with zero attached hydrogens (tertiary/aromatic N) is 1. The van der Waals surface area contributed by atoms with Gasteiger partial charge in [-0.05, 0) is 6.07 Å². The summed E-state index contributed by atoms with van der Waals surface area (Å²) in [4.78, 5) is 11.6. The number of aromatic hydroxyl groups is 1. The lowest BCUT2D eigenvalue weighted by molar-refractivity contribution is 0.126. The third kappa shape index (κ3) is 2.66. The van der Waals surface area contributed by atoms with Crippen LogP contribution in [-0.4, -0.2) is 16.1 Å². The molecular weight excluding hydrogens is 278 g/mol. The van der Waals surface area contributed by atoms with Gasteiger partial charge in [-0.3, -0.25) is 4.79 Å². The van der Waals surface area contributed by atoms with Gasteiger partial charge in [-0.25, -0.2) is 17.6 Å². The van der Waals surface area contributed by atoms with Gasteiger partial charge in [0.25, 0.3) is 12.0 Å². The number of rotatable bonds is 3. The summed E-state index contributed by atoms with van der Waals surface area (Å²) in [6.07, 6.45) is -2.85. The third-order valence-corrected chi connectivity index (χ3v) is 2.65. The van der Waals surface area contributed by atoms with Crippen LogP contribution in [0.25, 0.3) is 11.3 Å². The Morgan fingerprint density at radius 3 is 2.30 bits per heavy atom. The minimum Gasteiger partial charge on any atom is -0.508 e. The van der Waals surface area contributed by atoms with Crippen molar-refractivity contribution in [2.24, 2.45) is 0 Å². The Labute approximate surface area is 110 Å². The first kappa shape index (κ1) is 14.1. The van der Waals surface area contributed by atoms with Crippen molar-refractivity contribution in [2.75, 3.05) is 0 Å². The lowest BCUT2D eigenvalue weighted by atomic mass is 10.1. The summed E-state index contributed by atoms with van der Waals surface area (Å²) in [6.45, 7) is -0.977. The van der Waals surface area contributed by atoms with E-state index in [4.69, 9.17) is 5.11 Å². The van der Waals surface area contributed by atoms with Crippen molar-refractivity contribution in [3.63, 3.8) is 0 Å². The molecule has 0 unspecified atom stereocenters. The molecule has 0 saturated heterocycles. The fourth-order valence-corrected chi connectivity index (χ4v) is 1.87. The number of phenols is 1. The van der Waals surface area contributed by atoms with Crippen LogP contribution in [0.3, 0.4) is 0 Å². The molecule has 0 fully saturated rings. The van der Waals surface area contributed by atoms with Gasteiger partial charge in [0.05, 0.1) is 17.8 Å². The van der Waals surface area contributed by atoms with Gasteiger partial charge in [0, 0.05) is 18.2 Å². The van der Waals surface area contributed by atoms with Crippen LogP contribution in [0.15, 0.2) is 35.1 Å². The smallest absolute Gasteiger partial charge is 0.256 e. The van der Waals surface area contributed by atoms with Gasteiger partial charge in [-0.1, -0.05) is 6.07 Å². The minimum atomic E-state index is -2.85. The lowest BCUT2D eigenvalue weighted by Crippen LogP contribution is -2.24. The Bertz CT molecular complexity index is 674. The molecule has 0 amide bonds. The van der Waals surface area contributed by atoms with E-state index in [2.05, 4.69) is 0 Å². The summed E-state index contributed by atoms with van der Waals surface area (Å²) in [6, 6.07) is 4.67. The normalized spacial score (nSPS) is 11.1. The van der Waals surface area contributed by atoms with Crippen LogP contribution in [0.4, 0.5) is 17.6 Å². The highest BCUT2D eigenvalue weighted by molar-refractivity contribution is 5.62. The fraction of sp³-hybridized carbons (Fsp3) is 0.154. The maximum absolute atomic E-state index is 13.7. The molecular formula is C13H9F4NO2. The Kier molecular flexibility index (Phi) is 3.78. The summed E-state index contributed by atoms with van der Waals surface area (Å²) in [5.74, 6) is -2.92. The van der Waals surface area contributed by atoms with E-state index in [0.717, 1.165) is 12.1 Å². The molecule has 0 aliphatic carbocycles. The van der Waals surface area contributed by atoms with E-state index in [-0.39, 0.29) is 5.69 Å². The molecule has 2 aromatic rings. The van der Waals surface area contributed by atoms with Crippen molar-refractivity contribution in [2.45, 2.75) is 13.0 Å². The summed E-state index contributed by atoms with van der Waals surface area (Å²) >= 11 is 0. The van der Waals surface area contributed by atoms with Crippen LogP contribution >= 0.6 is 0 Å². The predicted octanol–water partition coefficient (Wildman–Crippen LogP) is 2.76. The average Bonchev–Trinajstić information content (AvgIpc) is 2.31. The highest BCUT2D eigenvalue weighted by Gasteiger charge is 2.18. The summed E-state index contributed by atoms with van der Waals surface area (Å²) < 4.78 is 53.0. The zero-order valence-corrected chi connectivity index (χ0v) is 9.99. The van der Waals surface area contributed by atoms with Crippen LogP contribution < -0.4 is 5.56 Å². The molecule has 20 heavy (non-hydrogen) atoms. The van der Waals surface area contributed by atoms with Crippen molar-refractivity contribution in [3.05, 3.63) is 52.3 Å². The second-order valence-electron chi connectivity index (χ2n) is 4.04. The highest BCUT2D eigenvalue weighted by atomic mass is 19.3. The molecule has 1 aromatic heterocycles. The summed E-state index contributed by atoms with van der Waals surface area (Å²) in [7, 11) is 0. The Morgan fingerprint density at radius 1 is 1.15 bits per heavy atom. The Hall–Kier alpha value is -2.31. The molecule has 0 atom stereocenters. The topological polar surface area (TPSA) is 42.2 Å². The van der Waals surface area contributed by atoms with Crippen molar-refractivity contribution in [1.82, 2.24) is 4.57 Å². The third-order valence-electron chi connectivity index (χ3n) is 2.65. The van der Waals surface area contributed by atoms with Crippen LogP contribution in [0.2, 0.25) is 0 Å². The number of hydrogen-bond donors (Lipinski definition) is 1. The van der Waals surface area contributed by atoms with Crippen molar-refractivity contribution in [1.29, 1.82) is 0 Å². The second kappa shape index (κ2) is 5.36. The Morgan fingerprint density at radius 2 is 1.75 bits per heavy atom. The SMILES string of the molecule is O=c1cccc(-c2c(F)cc(O)cc2F)n1CC(F)F. The van der Waals surface area contributed by atoms with Crippen LogP contribution in [0, 0.1) is 11.6 Å². The van der Waals surface area contributed by atoms with Crippen molar-refractivity contribution < 1.29 is 22.7 Å².